The third kappa shape index (κ3) is 4.10. The van der Waals surface area contributed by atoms with Crippen molar-refractivity contribution in [1.82, 2.24) is 5.32 Å². The maximum absolute atomic E-state index is 11.6. The maximum atomic E-state index is 11.6. The zero-order chi connectivity index (χ0) is 12.0. The molecule has 0 spiro atoms. The van der Waals surface area contributed by atoms with Crippen molar-refractivity contribution in [2.45, 2.75) is 57.5 Å². The van der Waals surface area contributed by atoms with Crippen LogP contribution in [0.25, 0.3) is 0 Å². The van der Waals surface area contributed by atoms with E-state index < -0.39 is 6.04 Å². The number of nitrogens with one attached hydrogen (secondary N) is 1. The number of amides is 1. The van der Waals surface area contributed by atoms with Crippen LogP contribution >= 0.6 is 0 Å². The summed E-state index contributed by atoms with van der Waals surface area (Å²) in [6, 6.07) is -0.367. The van der Waals surface area contributed by atoms with Crippen molar-refractivity contribution in [2.24, 2.45) is 11.7 Å². The third-order valence-electron chi connectivity index (χ3n) is 3.40. The Balaban J connectivity index is 2.48. The smallest absolute Gasteiger partial charge is 0.236 e. The first-order valence-electron chi connectivity index (χ1n) is 6.32. The Hall–Kier alpha value is -0.610. The van der Waals surface area contributed by atoms with E-state index in [0.717, 1.165) is 12.8 Å². The second-order valence-electron chi connectivity index (χ2n) is 4.81. The monoisotopic (exact) mass is 228 g/mol. The Labute approximate surface area is 97.6 Å². The molecule has 4 heteroatoms. The molecule has 1 rings (SSSR count). The summed E-state index contributed by atoms with van der Waals surface area (Å²) in [7, 11) is 0. The van der Waals surface area contributed by atoms with Gasteiger partial charge in [0.25, 0.3) is 0 Å². The van der Waals surface area contributed by atoms with Crippen LogP contribution in [0.2, 0.25) is 0 Å². The predicted octanol–water partition coefficient (Wildman–Crippen LogP) is 0.781. The molecule has 16 heavy (non-hydrogen) atoms. The zero-order valence-corrected chi connectivity index (χ0v) is 10.1. The zero-order valence-electron chi connectivity index (χ0n) is 10.1. The highest BCUT2D eigenvalue weighted by atomic mass is 16.3. The van der Waals surface area contributed by atoms with Crippen molar-refractivity contribution in [3.63, 3.8) is 0 Å². The molecule has 0 aromatic rings. The lowest BCUT2D eigenvalue weighted by atomic mass is 9.82. The SMILES string of the molecule is CC(N)C(=O)NC(CCO)C1CCCCC1. The average Bonchev–Trinajstić information content (AvgIpc) is 2.29. The van der Waals surface area contributed by atoms with Crippen molar-refractivity contribution in [2.75, 3.05) is 6.61 Å². The van der Waals surface area contributed by atoms with E-state index in [4.69, 9.17) is 10.8 Å². The molecule has 1 amide bonds. The largest absolute Gasteiger partial charge is 0.396 e. The molecule has 4 N–H and O–H groups in total. The van der Waals surface area contributed by atoms with E-state index in [9.17, 15) is 4.79 Å². The molecule has 94 valence electrons. The second kappa shape index (κ2) is 6.86. The van der Waals surface area contributed by atoms with E-state index in [1.807, 2.05) is 0 Å². The first kappa shape index (κ1) is 13.5. The summed E-state index contributed by atoms with van der Waals surface area (Å²) in [6.07, 6.45) is 6.72. The third-order valence-corrected chi connectivity index (χ3v) is 3.40. The molecule has 0 heterocycles. The van der Waals surface area contributed by atoms with E-state index in [2.05, 4.69) is 5.32 Å². The van der Waals surface area contributed by atoms with Gasteiger partial charge < -0.3 is 16.2 Å². The molecule has 1 aliphatic rings. The molecule has 1 aliphatic carbocycles. The summed E-state index contributed by atoms with van der Waals surface area (Å²) in [5.74, 6) is 0.410. The fraction of sp³-hybridized carbons (Fsp3) is 0.917. The molecule has 2 atom stereocenters. The number of hydrogen-bond acceptors (Lipinski definition) is 3. The van der Waals surface area contributed by atoms with E-state index in [0.29, 0.717) is 12.3 Å². The van der Waals surface area contributed by atoms with Crippen molar-refractivity contribution >= 4 is 5.91 Å². The van der Waals surface area contributed by atoms with Crippen molar-refractivity contribution in [3.05, 3.63) is 0 Å². The molecule has 0 bridgehead atoms. The van der Waals surface area contributed by atoms with E-state index in [1.54, 1.807) is 6.92 Å². The van der Waals surface area contributed by atoms with E-state index >= 15 is 0 Å². The van der Waals surface area contributed by atoms with Gasteiger partial charge in [0.15, 0.2) is 0 Å². The lowest BCUT2D eigenvalue weighted by Gasteiger charge is -2.31. The number of nitrogens with two attached hydrogens (primary N) is 1. The van der Waals surface area contributed by atoms with Crippen molar-refractivity contribution in [3.8, 4) is 0 Å². The van der Waals surface area contributed by atoms with E-state index in [1.165, 1.54) is 19.3 Å². The van der Waals surface area contributed by atoms with Gasteiger partial charge in [-0.1, -0.05) is 19.3 Å². The minimum atomic E-state index is -0.468. The lowest BCUT2D eigenvalue weighted by molar-refractivity contribution is -0.123. The first-order chi connectivity index (χ1) is 7.65. The van der Waals surface area contributed by atoms with Crippen LogP contribution in [0.15, 0.2) is 0 Å². The summed E-state index contributed by atoms with van der Waals surface area (Å²) in [4.78, 5) is 11.6. The van der Waals surface area contributed by atoms with Gasteiger partial charge in [-0.05, 0) is 32.1 Å². The van der Waals surface area contributed by atoms with Gasteiger partial charge in [0, 0.05) is 12.6 Å². The van der Waals surface area contributed by atoms with Gasteiger partial charge in [-0.2, -0.15) is 0 Å². The van der Waals surface area contributed by atoms with Crippen LogP contribution in [0.5, 0.6) is 0 Å². The topological polar surface area (TPSA) is 75.4 Å². The van der Waals surface area contributed by atoms with Gasteiger partial charge in [-0.15, -0.1) is 0 Å². The quantitative estimate of drug-likeness (QED) is 0.651. The second-order valence-corrected chi connectivity index (χ2v) is 4.81. The fourth-order valence-corrected chi connectivity index (χ4v) is 2.42. The molecule has 0 aromatic heterocycles. The molecular formula is C12H24N2O2. The Morgan fingerprint density at radius 2 is 2.06 bits per heavy atom. The van der Waals surface area contributed by atoms with Gasteiger partial charge in [0.1, 0.15) is 0 Å². The number of aliphatic hydroxyl groups excluding tert-OH is 1. The first-order valence-corrected chi connectivity index (χ1v) is 6.32. The number of carbonyl (C=O) groups is 1. The van der Waals surface area contributed by atoms with Gasteiger partial charge in [-0.3, -0.25) is 4.79 Å². The molecule has 1 fully saturated rings. The van der Waals surface area contributed by atoms with Crippen LogP contribution in [-0.2, 0) is 4.79 Å². The predicted molar refractivity (Wildman–Crippen MR) is 63.9 cm³/mol. The van der Waals surface area contributed by atoms with Crippen LogP contribution in [0.3, 0.4) is 0 Å². The number of aliphatic hydroxyl groups is 1. The van der Waals surface area contributed by atoms with Crippen LogP contribution in [0.4, 0.5) is 0 Å². The molecule has 1 saturated carbocycles. The van der Waals surface area contributed by atoms with Crippen molar-refractivity contribution < 1.29 is 9.90 Å². The Bertz CT molecular complexity index is 213. The van der Waals surface area contributed by atoms with Gasteiger partial charge in [0.2, 0.25) is 5.91 Å². The minimum absolute atomic E-state index is 0.101. The summed E-state index contributed by atoms with van der Waals surface area (Å²) >= 11 is 0. The molecule has 0 saturated heterocycles. The van der Waals surface area contributed by atoms with Gasteiger partial charge in [-0.25, -0.2) is 0 Å². The Morgan fingerprint density at radius 3 is 2.56 bits per heavy atom. The highest BCUT2D eigenvalue weighted by Gasteiger charge is 2.25. The Morgan fingerprint density at radius 1 is 1.44 bits per heavy atom. The number of carbonyl (C=O) groups excluding carboxylic acids is 1. The number of rotatable bonds is 5. The lowest BCUT2D eigenvalue weighted by Crippen LogP contribution is -2.47. The molecule has 0 radical (unpaired) electrons. The molecule has 4 nitrogen and oxygen atoms in total. The van der Waals surface area contributed by atoms with Gasteiger partial charge >= 0.3 is 0 Å². The minimum Gasteiger partial charge on any atom is -0.396 e. The van der Waals surface area contributed by atoms with Crippen LogP contribution < -0.4 is 11.1 Å². The molecule has 0 aromatic carbocycles. The number of hydrogen-bond donors (Lipinski definition) is 3. The van der Waals surface area contributed by atoms with Crippen molar-refractivity contribution in [1.29, 1.82) is 0 Å². The van der Waals surface area contributed by atoms with Crippen LogP contribution in [-0.4, -0.2) is 29.7 Å². The summed E-state index contributed by atoms with van der Waals surface area (Å²) < 4.78 is 0. The average molecular weight is 228 g/mol. The highest BCUT2D eigenvalue weighted by Crippen LogP contribution is 2.27. The Kier molecular flexibility index (Phi) is 5.77. The standard InChI is InChI=1S/C12H24N2O2/c1-9(13)12(16)14-11(7-8-15)10-5-3-2-4-6-10/h9-11,15H,2-8,13H2,1H3,(H,14,16). The molecule has 0 aliphatic heterocycles. The summed E-state index contributed by atoms with van der Waals surface area (Å²) in [6.45, 7) is 1.81. The molecule has 2 unspecified atom stereocenters. The van der Waals surface area contributed by atoms with Gasteiger partial charge in [0.05, 0.1) is 6.04 Å². The molecular weight excluding hydrogens is 204 g/mol. The van der Waals surface area contributed by atoms with Crippen LogP contribution in [0, 0.1) is 5.92 Å². The van der Waals surface area contributed by atoms with E-state index in [-0.39, 0.29) is 18.6 Å². The fourth-order valence-electron chi connectivity index (χ4n) is 2.42. The summed E-state index contributed by atoms with van der Waals surface area (Å²) in [5, 5.41) is 12.0. The highest BCUT2D eigenvalue weighted by molar-refractivity contribution is 5.81. The normalized spacial score (nSPS) is 21.4. The van der Waals surface area contributed by atoms with Crippen LogP contribution in [0.1, 0.15) is 45.4 Å². The summed E-state index contributed by atoms with van der Waals surface area (Å²) in [5.41, 5.74) is 5.54. The maximum Gasteiger partial charge on any atom is 0.236 e.